The lowest BCUT2D eigenvalue weighted by atomic mass is 9.85. The summed E-state index contributed by atoms with van der Waals surface area (Å²) in [6.45, 7) is 4.98. The number of fused-ring (bicyclic) bond motifs is 1. The molecule has 1 aliphatic heterocycles. The first-order valence-electron chi connectivity index (χ1n) is 9.31. The molecule has 2 fully saturated rings. The molecule has 148 valence electrons. The lowest BCUT2D eigenvalue weighted by molar-refractivity contribution is -0.149. The van der Waals surface area contributed by atoms with E-state index in [0.29, 0.717) is 18.5 Å². The average Bonchev–Trinajstić information content (AvgIpc) is 3.19. The Bertz CT molecular complexity index is 702. The molecule has 1 saturated carbocycles. The van der Waals surface area contributed by atoms with Crippen LogP contribution in [0.5, 0.6) is 0 Å². The second-order valence-electron chi connectivity index (χ2n) is 7.38. The number of carbonyl (C=O) groups excluding carboxylic acids is 3. The van der Waals surface area contributed by atoms with Crippen molar-refractivity contribution in [1.29, 1.82) is 0 Å². The van der Waals surface area contributed by atoms with E-state index in [1.807, 2.05) is 0 Å². The van der Waals surface area contributed by atoms with Crippen LogP contribution in [0.3, 0.4) is 0 Å². The zero-order chi connectivity index (χ0) is 19.6. The maximum absolute atomic E-state index is 12.0. The summed E-state index contributed by atoms with van der Waals surface area (Å²) in [7, 11) is 0. The van der Waals surface area contributed by atoms with E-state index in [1.165, 1.54) is 18.3 Å². The quantitative estimate of drug-likeness (QED) is 0.540. The monoisotopic (exact) mass is 395 g/mol. The van der Waals surface area contributed by atoms with E-state index in [9.17, 15) is 14.4 Å². The molecule has 8 heteroatoms. The highest BCUT2D eigenvalue weighted by molar-refractivity contribution is 7.09. The average molecular weight is 395 g/mol. The first-order valence-corrected chi connectivity index (χ1v) is 10.2. The molecule has 0 amide bonds. The van der Waals surface area contributed by atoms with Gasteiger partial charge in [0.1, 0.15) is 23.5 Å². The fourth-order valence-corrected chi connectivity index (χ4v) is 4.94. The molecule has 2 aliphatic rings. The molecule has 7 nitrogen and oxygen atoms in total. The number of esters is 2. The molecule has 5 atom stereocenters. The van der Waals surface area contributed by atoms with Crippen LogP contribution < -0.4 is 0 Å². The van der Waals surface area contributed by atoms with Crippen LogP contribution in [-0.2, 0) is 23.8 Å². The van der Waals surface area contributed by atoms with Gasteiger partial charge in [-0.25, -0.2) is 9.78 Å². The van der Waals surface area contributed by atoms with Gasteiger partial charge in [0, 0.05) is 31.1 Å². The number of aromatic nitrogens is 1. The molecule has 0 aromatic carbocycles. The van der Waals surface area contributed by atoms with Crippen LogP contribution in [0.4, 0.5) is 0 Å². The minimum absolute atomic E-state index is 0.00484. The van der Waals surface area contributed by atoms with E-state index in [2.05, 4.69) is 4.98 Å². The van der Waals surface area contributed by atoms with Gasteiger partial charge in [-0.15, -0.1) is 11.3 Å². The highest BCUT2D eigenvalue weighted by atomic mass is 32.1. The molecule has 0 bridgehead atoms. The van der Waals surface area contributed by atoms with Gasteiger partial charge in [-0.2, -0.15) is 0 Å². The van der Waals surface area contributed by atoms with E-state index in [1.54, 1.807) is 19.2 Å². The molecule has 1 aromatic rings. The molecule has 0 radical (unpaired) electrons. The largest absolute Gasteiger partial charge is 0.462 e. The highest BCUT2D eigenvalue weighted by Crippen LogP contribution is 2.47. The molecule has 0 N–H and O–H groups in total. The number of rotatable bonds is 6. The smallest absolute Gasteiger partial charge is 0.358 e. The number of hydrogen-bond acceptors (Lipinski definition) is 8. The van der Waals surface area contributed by atoms with Crippen molar-refractivity contribution >= 4 is 29.6 Å². The van der Waals surface area contributed by atoms with Crippen LogP contribution >= 0.6 is 11.3 Å². The number of hydrogen-bond donors (Lipinski definition) is 0. The van der Waals surface area contributed by atoms with Crippen molar-refractivity contribution in [3.63, 3.8) is 0 Å². The normalized spacial score (nSPS) is 30.0. The molecule has 1 aromatic heterocycles. The summed E-state index contributed by atoms with van der Waals surface area (Å²) in [6.07, 6.45) is 2.74. The molecule has 1 saturated heterocycles. The van der Waals surface area contributed by atoms with Gasteiger partial charge in [0.05, 0.1) is 12.2 Å². The van der Waals surface area contributed by atoms with E-state index in [0.717, 1.165) is 24.1 Å². The van der Waals surface area contributed by atoms with Crippen LogP contribution in [0.1, 0.15) is 68.1 Å². The summed E-state index contributed by atoms with van der Waals surface area (Å²) in [5.74, 6) is -0.561. The van der Waals surface area contributed by atoms with Crippen molar-refractivity contribution in [2.24, 2.45) is 11.8 Å². The van der Waals surface area contributed by atoms with Crippen LogP contribution in [0.2, 0.25) is 0 Å². The maximum atomic E-state index is 12.0. The number of carbonyl (C=O) groups is 3. The fourth-order valence-electron chi connectivity index (χ4n) is 4.08. The van der Waals surface area contributed by atoms with Gasteiger partial charge >= 0.3 is 11.9 Å². The molecule has 0 unspecified atom stereocenters. The molecule has 2 heterocycles. The Hall–Kier alpha value is -1.80. The summed E-state index contributed by atoms with van der Waals surface area (Å²) >= 11 is 1.39. The highest BCUT2D eigenvalue weighted by Gasteiger charge is 2.48. The van der Waals surface area contributed by atoms with Crippen LogP contribution in [-0.4, -0.2) is 41.5 Å². The second kappa shape index (κ2) is 8.48. The fraction of sp³-hybridized carbons (Fsp3) is 0.684. The minimum atomic E-state index is -0.428. The van der Waals surface area contributed by atoms with E-state index >= 15 is 0 Å². The molecule has 0 spiro atoms. The summed E-state index contributed by atoms with van der Waals surface area (Å²) in [4.78, 5) is 38.8. The first-order chi connectivity index (χ1) is 12.9. The lowest BCUT2D eigenvalue weighted by Crippen LogP contribution is -2.31. The van der Waals surface area contributed by atoms with Crippen molar-refractivity contribution in [2.75, 3.05) is 0 Å². The Labute approximate surface area is 162 Å². The van der Waals surface area contributed by atoms with Gasteiger partial charge in [0.2, 0.25) is 0 Å². The van der Waals surface area contributed by atoms with Crippen molar-refractivity contribution < 1.29 is 28.6 Å². The minimum Gasteiger partial charge on any atom is -0.462 e. The van der Waals surface area contributed by atoms with Crippen molar-refractivity contribution in [3.05, 3.63) is 16.1 Å². The van der Waals surface area contributed by atoms with Crippen molar-refractivity contribution in [1.82, 2.24) is 4.98 Å². The summed E-state index contributed by atoms with van der Waals surface area (Å²) in [5.41, 5.74) is 0.303. The Morgan fingerprint density at radius 3 is 2.85 bits per heavy atom. The summed E-state index contributed by atoms with van der Waals surface area (Å²) in [6, 6.07) is 0. The Kier molecular flexibility index (Phi) is 6.26. The van der Waals surface area contributed by atoms with Crippen LogP contribution in [0.25, 0.3) is 0 Å². The Morgan fingerprint density at radius 1 is 1.41 bits per heavy atom. The van der Waals surface area contributed by atoms with Gasteiger partial charge < -0.3 is 19.0 Å². The van der Waals surface area contributed by atoms with Crippen molar-refractivity contribution in [3.8, 4) is 0 Å². The molecule has 27 heavy (non-hydrogen) atoms. The lowest BCUT2D eigenvalue weighted by Gasteiger charge is -2.33. The SMILES string of the molecule is CC(=O)O[C@@H]1C[C@@H]2O[C@@H](c3nc(C(=O)OC(C)C)cs3)CC[C@@H]2[C@H]1CC=O. The zero-order valence-corrected chi connectivity index (χ0v) is 16.6. The Balaban J connectivity index is 1.67. The summed E-state index contributed by atoms with van der Waals surface area (Å²) in [5, 5.41) is 2.45. The maximum Gasteiger partial charge on any atom is 0.358 e. The van der Waals surface area contributed by atoms with Gasteiger partial charge in [0.25, 0.3) is 0 Å². The number of nitrogens with zero attached hydrogens (tertiary/aromatic N) is 1. The van der Waals surface area contributed by atoms with Crippen molar-refractivity contribution in [2.45, 2.75) is 70.9 Å². The van der Waals surface area contributed by atoms with Gasteiger partial charge in [-0.05, 0) is 32.6 Å². The van der Waals surface area contributed by atoms with Gasteiger partial charge in [0.15, 0.2) is 5.69 Å². The third-order valence-corrected chi connectivity index (χ3v) is 6.04. The summed E-state index contributed by atoms with van der Waals surface area (Å²) < 4.78 is 16.9. The number of ether oxygens (including phenoxy) is 3. The molecule has 3 rings (SSSR count). The standard InChI is InChI=1S/C19H25NO6S/c1-10(2)24-19(23)14-9-27-18(20-14)15-5-4-12-13(6-7-21)16(25-11(3)22)8-17(12)26-15/h7,9-10,12-13,15-17H,4-6,8H2,1-3H3/t12-,13-,15-,16-,17+/m1/s1. The predicted octanol–water partition coefficient (Wildman–Crippen LogP) is 3.09. The third kappa shape index (κ3) is 4.55. The molecular formula is C19H25NO6S. The zero-order valence-electron chi connectivity index (χ0n) is 15.8. The molecular weight excluding hydrogens is 370 g/mol. The van der Waals surface area contributed by atoms with E-state index < -0.39 is 5.97 Å². The molecule has 1 aliphatic carbocycles. The number of aldehydes is 1. The third-order valence-electron chi connectivity index (χ3n) is 5.11. The predicted molar refractivity (Wildman–Crippen MR) is 97.3 cm³/mol. The van der Waals surface area contributed by atoms with Crippen LogP contribution in [0.15, 0.2) is 5.38 Å². The van der Waals surface area contributed by atoms with Gasteiger partial charge in [-0.1, -0.05) is 0 Å². The first kappa shape index (κ1) is 19.9. The van der Waals surface area contributed by atoms with Gasteiger partial charge in [-0.3, -0.25) is 4.79 Å². The number of thiazole rings is 1. The topological polar surface area (TPSA) is 91.8 Å². The Morgan fingerprint density at radius 2 is 2.19 bits per heavy atom. The van der Waals surface area contributed by atoms with E-state index in [4.69, 9.17) is 14.2 Å². The van der Waals surface area contributed by atoms with Crippen LogP contribution in [0, 0.1) is 11.8 Å². The van der Waals surface area contributed by atoms with E-state index in [-0.39, 0.29) is 42.2 Å². The second-order valence-corrected chi connectivity index (χ2v) is 8.27.